The first kappa shape index (κ1) is 22.9. The van der Waals surface area contributed by atoms with Crippen molar-refractivity contribution in [2.45, 2.75) is 18.6 Å². The number of carbonyl (C=O) groups is 2. The molecule has 0 spiro atoms. The van der Waals surface area contributed by atoms with Gasteiger partial charge in [0.05, 0.1) is 18.4 Å². The van der Waals surface area contributed by atoms with Crippen LogP contribution >= 0.6 is 0 Å². The number of hydrogen-bond donors (Lipinski definition) is 2. The summed E-state index contributed by atoms with van der Waals surface area (Å²) in [5.74, 6) is -0.613. The van der Waals surface area contributed by atoms with Gasteiger partial charge in [0.1, 0.15) is 18.4 Å². The second kappa shape index (κ2) is 10.5. The number of rotatable bonds is 9. The molecule has 168 valence electrons. The van der Waals surface area contributed by atoms with Crippen molar-refractivity contribution in [2.75, 3.05) is 13.2 Å². The summed E-state index contributed by atoms with van der Waals surface area (Å²) in [5, 5.41) is 5.32. The van der Waals surface area contributed by atoms with Crippen LogP contribution in [-0.2, 0) is 17.4 Å². The molecule has 2 N–H and O–H groups in total. The summed E-state index contributed by atoms with van der Waals surface area (Å²) in [6, 6.07) is 15.7. The molecule has 1 atom stereocenters. The van der Waals surface area contributed by atoms with E-state index in [4.69, 9.17) is 9.15 Å². The average Bonchev–Trinajstić information content (AvgIpc) is 3.32. The predicted molar refractivity (Wildman–Crippen MR) is 110 cm³/mol. The first-order valence-corrected chi connectivity index (χ1v) is 9.79. The Labute approximate surface area is 182 Å². The minimum atomic E-state index is -4.42. The van der Waals surface area contributed by atoms with Crippen LogP contribution < -0.4 is 15.4 Å². The van der Waals surface area contributed by atoms with E-state index in [0.717, 1.165) is 17.7 Å². The van der Waals surface area contributed by atoms with Gasteiger partial charge in [-0.2, -0.15) is 13.2 Å². The summed E-state index contributed by atoms with van der Waals surface area (Å²) >= 11 is 0. The van der Waals surface area contributed by atoms with Crippen LogP contribution in [0.25, 0.3) is 0 Å². The van der Waals surface area contributed by atoms with E-state index in [1.807, 2.05) is 30.3 Å². The molecule has 32 heavy (non-hydrogen) atoms. The van der Waals surface area contributed by atoms with E-state index in [2.05, 4.69) is 10.6 Å². The SMILES string of the molecule is O=C(NC(Cc1ccccc1)C(=O)NCCOc1ccc(C(F)(F)F)cc1)c1ccco1. The molecular weight excluding hydrogens is 425 g/mol. The highest BCUT2D eigenvalue weighted by Gasteiger charge is 2.30. The molecule has 2 aromatic carbocycles. The fourth-order valence-electron chi connectivity index (χ4n) is 2.90. The Morgan fingerprint density at radius 1 is 0.969 bits per heavy atom. The molecule has 1 heterocycles. The van der Waals surface area contributed by atoms with Gasteiger partial charge in [-0.25, -0.2) is 0 Å². The number of halogens is 3. The molecule has 3 aromatic rings. The molecule has 0 fully saturated rings. The van der Waals surface area contributed by atoms with Crippen molar-refractivity contribution in [1.82, 2.24) is 10.6 Å². The van der Waals surface area contributed by atoms with Crippen LogP contribution in [0.2, 0.25) is 0 Å². The molecule has 1 unspecified atom stereocenters. The largest absolute Gasteiger partial charge is 0.492 e. The molecular formula is C23H21F3N2O4. The van der Waals surface area contributed by atoms with E-state index < -0.39 is 29.6 Å². The minimum Gasteiger partial charge on any atom is -0.492 e. The highest BCUT2D eigenvalue weighted by molar-refractivity contribution is 5.95. The molecule has 0 radical (unpaired) electrons. The third-order valence-corrected chi connectivity index (χ3v) is 4.50. The van der Waals surface area contributed by atoms with E-state index in [9.17, 15) is 22.8 Å². The van der Waals surface area contributed by atoms with Crippen molar-refractivity contribution in [3.05, 3.63) is 89.9 Å². The summed E-state index contributed by atoms with van der Waals surface area (Å²) in [4.78, 5) is 25.0. The number of ether oxygens (including phenoxy) is 1. The van der Waals surface area contributed by atoms with Gasteiger partial charge in [-0.1, -0.05) is 30.3 Å². The lowest BCUT2D eigenvalue weighted by molar-refractivity contribution is -0.137. The van der Waals surface area contributed by atoms with Gasteiger partial charge in [0.15, 0.2) is 5.76 Å². The predicted octanol–water partition coefficient (Wildman–Crippen LogP) is 3.83. The van der Waals surface area contributed by atoms with Crippen LogP contribution in [0, 0.1) is 0 Å². The van der Waals surface area contributed by atoms with Crippen LogP contribution in [-0.4, -0.2) is 31.0 Å². The van der Waals surface area contributed by atoms with Crippen LogP contribution in [0.15, 0.2) is 77.4 Å². The Hall–Kier alpha value is -3.75. The number of furan rings is 1. The van der Waals surface area contributed by atoms with Gasteiger partial charge in [-0.05, 0) is 42.0 Å². The summed E-state index contributed by atoms with van der Waals surface area (Å²) in [5.41, 5.74) is 0.0857. The molecule has 0 saturated heterocycles. The van der Waals surface area contributed by atoms with Gasteiger partial charge in [0.25, 0.3) is 5.91 Å². The first-order valence-electron chi connectivity index (χ1n) is 9.79. The summed E-state index contributed by atoms with van der Waals surface area (Å²) < 4.78 is 48.3. The van der Waals surface area contributed by atoms with Gasteiger partial charge < -0.3 is 19.8 Å². The first-order chi connectivity index (χ1) is 15.3. The van der Waals surface area contributed by atoms with Crippen LogP contribution in [0.1, 0.15) is 21.7 Å². The van der Waals surface area contributed by atoms with Gasteiger partial charge in [0, 0.05) is 6.42 Å². The molecule has 0 bridgehead atoms. The zero-order chi connectivity index (χ0) is 23.0. The number of benzene rings is 2. The van der Waals surface area contributed by atoms with Gasteiger partial charge >= 0.3 is 6.18 Å². The Balaban J connectivity index is 1.54. The Kier molecular flexibility index (Phi) is 7.54. The number of hydrogen-bond acceptors (Lipinski definition) is 4. The molecule has 0 saturated carbocycles. The summed E-state index contributed by atoms with van der Waals surface area (Å²) in [7, 11) is 0. The molecule has 3 rings (SSSR count). The Bertz CT molecular complexity index is 1000. The quantitative estimate of drug-likeness (QED) is 0.490. The maximum absolute atomic E-state index is 12.7. The van der Waals surface area contributed by atoms with E-state index >= 15 is 0 Å². The monoisotopic (exact) mass is 446 g/mol. The van der Waals surface area contributed by atoms with Gasteiger partial charge in [-0.15, -0.1) is 0 Å². The molecule has 0 aliphatic heterocycles. The molecule has 9 heteroatoms. The average molecular weight is 446 g/mol. The molecule has 0 aliphatic carbocycles. The molecule has 1 aromatic heterocycles. The number of nitrogens with one attached hydrogen (secondary N) is 2. The molecule has 6 nitrogen and oxygen atoms in total. The van der Waals surface area contributed by atoms with E-state index in [-0.39, 0.29) is 31.1 Å². The number of alkyl halides is 3. The fraction of sp³-hybridized carbons (Fsp3) is 0.217. The van der Waals surface area contributed by atoms with Crippen molar-refractivity contribution >= 4 is 11.8 Å². The van der Waals surface area contributed by atoms with Crippen molar-refractivity contribution in [2.24, 2.45) is 0 Å². The van der Waals surface area contributed by atoms with Crippen molar-refractivity contribution < 1.29 is 31.9 Å². The fourth-order valence-corrected chi connectivity index (χ4v) is 2.90. The van der Waals surface area contributed by atoms with Crippen LogP contribution in [0.3, 0.4) is 0 Å². The maximum Gasteiger partial charge on any atom is 0.416 e. The zero-order valence-corrected chi connectivity index (χ0v) is 16.9. The third-order valence-electron chi connectivity index (χ3n) is 4.50. The summed E-state index contributed by atoms with van der Waals surface area (Å²) in [6.45, 7) is 0.142. The minimum absolute atomic E-state index is 0.0429. The smallest absolute Gasteiger partial charge is 0.416 e. The lowest BCUT2D eigenvalue weighted by Gasteiger charge is -2.18. The van der Waals surface area contributed by atoms with Gasteiger partial charge in [-0.3, -0.25) is 9.59 Å². The maximum atomic E-state index is 12.7. The lowest BCUT2D eigenvalue weighted by atomic mass is 10.1. The van der Waals surface area contributed by atoms with Crippen molar-refractivity contribution in [3.63, 3.8) is 0 Å². The molecule has 0 aliphatic rings. The standard InChI is InChI=1S/C23H21F3N2O4/c24-23(25,26)17-8-10-18(11-9-17)31-14-12-27-21(29)19(15-16-5-2-1-3-6-16)28-22(30)20-7-4-13-32-20/h1-11,13,19H,12,14-15H2,(H,27,29)(H,28,30). The normalized spacial score (nSPS) is 12.1. The number of carbonyl (C=O) groups excluding carboxylic acids is 2. The summed E-state index contributed by atoms with van der Waals surface area (Å²) in [6.07, 6.45) is -2.79. The zero-order valence-electron chi connectivity index (χ0n) is 16.9. The van der Waals surface area contributed by atoms with E-state index in [1.54, 1.807) is 6.07 Å². The Morgan fingerprint density at radius 3 is 2.31 bits per heavy atom. The highest BCUT2D eigenvalue weighted by atomic mass is 19.4. The van der Waals surface area contributed by atoms with Crippen molar-refractivity contribution in [1.29, 1.82) is 0 Å². The van der Waals surface area contributed by atoms with Crippen LogP contribution in [0.4, 0.5) is 13.2 Å². The Morgan fingerprint density at radius 2 is 1.69 bits per heavy atom. The highest BCUT2D eigenvalue weighted by Crippen LogP contribution is 2.30. The third kappa shape index (κ3) is 6.63. The number of amides is 2. The second-order valence-corrected chi connectivity index (χ2v) is 6.85. The molecule has 2 amide bonds. The van der Waals surface area contributed by atoms with E-state index in [1.165, 1.54) is 24.5 Å². The second-order valence-electron chi connectivity index (χ2n) is 6.85. The van der Waals surface area contributed by atoms with Crippen LogP contribution in [0.5, 0.6) is 5.75 Å². The van der Waals surface area contributed by atoms with Crippen molar-refractivity contribution in [3.8, 4) is 5.75 Å². The van der Waals surface area contributed by atoms with Gasteiger partial charge in [0.2, 0.25) is 5.91 Å². The van der Waals surface area contributed by atoms with E-state index in [0.29, 0.717) is 0 Å². The topological polar surface area (TPSA) is 80.6 Å². The lowest BCUT2D eigenvalue weighted by Crippen LogP contribution is -2.48.